The van der Waals surface area contributed by atoms with E-state index in [1.165, 1.54) is 25.7 Å². The molecule has 90 valence electrons. The second kappa shape index (κ2) is 10.3. The molecule has 0 saturated heterocycles. The fourth-order valence-corrected chi connectivity index (χ4v) is 1.50. The van der Waals surface area contributed by atoms with Crippen LogP contribution in [0.2, 0.25) is 0 Å². The molecule has 0 bridgehead atoms. The zero-order chi connectivity index (χ0) is 11.5. The second-order valence-corrected chi connectivity index (χ2v) is 4.83. The van der Waals surface area contributed by atoms with Gasteiger partial charge < -0.3 is 5.32 Å². The van der Waals surface area contributed by atoms with Gasteiger partial charge in [0.05, 0.1) is 0 Å². The lowest BCUT2D eigenvalue weighted by atomic mass is 10.1. The third-order valence-electron chi connectivity index (χ3n) is 2.37. The van der Waals surface area contributed by atoms with Gasteiger partial charge in [0.15, 0.2) is 0 Å². The van der Waals surface area contributed by atoms with E-state index in [0.29, 0.717) is 13.0 Å². The molecule has 0 rings (SSSR count). The molecular weight excluding hydrogens is 210 g/mol. The van der Waals surface area contributed by atoms with Crippen LogP contribution in [0.3, 0.4) is 0 Å². The SMILES string of the molecule is CCCCCCCC(=O)NCCC(C)Cl. The molecule has 0 aromatic heterocycles. The Morgan fingerprint density at radius 3 is 2.53 bits per heavy atom. The average molecular weight is 234 g/mol. The first kappa shape index (κ1) is 14.8. The number of halogens is 1. The highest BCUT2D eigenvalue weighted by molar-refractivity contribution is 6.20. The summed E-state index contributed by atoms with van der Waals surface area (Å²) in [6.45, 7) is 4.84. The zero-order valence-electron chi connectivity index (χ0n) is 10.0. The van der Waals surface area contributed by atoms with Crippen molar-refractivity contribution < 1.29 is 4.79 Å². The largest absolute Gasteiger partial charge is 0.356 e. The fraction of sp³-hybridized carbons (Fsp3) is 0.917. The van der Waals surface area contributed by atoms with Crippen molar-refractivity contribution in [2.24, 2.45) is 0 Å². The van der Waals surface area contributed by atoms with E-state index in [0.717, 1.165) is 12.8 Å². The lowest BCUT2D eigenvalue weighted by molar-refractivity contribution is -0.121. The van der Waals surface area contributed by atoms with Crippen LogP contribution < -0.4 is 5.32 Å². The predicted molar refractivity (Wildman–Crippen MR) is 66.3 cm³/mol. The highest BCUT2D eigenvalue weighted by atomic mass is 35.5. The molecule has 0 fully saturated rings. The molecule has 0 radical (unpaired) electrons. The lowest BCUT2D eigenvalue weighted by Gasteiger charge is -2.05. The molecule has 0 aliphatic heterocycles. The molecule has 0 aliphatic carbocycles. The van der Waals surface area contributed by atoms with Gasteiger partial charge in [-0.25, -0.2) is 0 Å². The van der Waals surface area contributed by atoms with E-state index >= 15 is 0 Å². The number of rotatable bonds is 9. The number of amides is 1. The average Bonchev–Trinajstić information content (AvgIpc) is 2.17. The van der Waals surface area contributed by atoms with Gasteiger partial charge in [0.2, 0.25) is 5.91 Å². The first-order valence-electron chi connectivity index (χ1n) is 6.07. The summed E-state index contributed by atoms with van der Waals surface area (Å²) in [5, 5.41) is 3.03. The van der Waals surface area contributed by atoms with Gasteiger partial charge >= 0.3 is 0 Å². The first-order valence-corrected chi connectivity index (χ1v) is 6.51. The summed E-state index contributed by atoms with van der Waals surface area (Å²) < 4.78 is 0. The number of unbranched alkanes of at least 4 members (excludes halogenated alkanes) is 4. The van der Waals surface area contributed by atoms with Crippen LogP contribution >= 0.6 is 11.6 Å². The van der Waals surface area contributed by atoms with Crippen molar-refractivity contribution in [2.75, 3.05) is 6.54 Å². The van der Waals surface area contributed by atoms with Crippen LogP contribution in [0.1, 0.15) is 58.8 Å². The van der Waals surface area contributed by atoms with E-state index in [1.807, 2.05) is 6.92 Å². The van der Waals surface area contributed by atoms with Gasteiger partial charge in [-0.3, -0.25) is 4.79 Å². The smallest absolute Gasteiger partial charge is 0.219 e. The maximum atomic E-state index is 11.3. The third kappa shape index (κ3) is 11.7. The quantitative estimate of drug-likeness (QED) is 0.480. The molecule has 0 aromatic rings. The number of nitrogens with one attached hydrogen (secondary N) is 1. The minimum atomic E-state index is 0.148. The topological polar surface area (TPSA) is 29.1 Å². The standard InChI is InChI=1S/C12H24ClNO/c1-3-4-5-6-7-8-12(15)14-10-9-11(2)13/h11H,3-10H2,1-2H3,(H,14,15). The van der Waals surface area contributed by atoms with Crippen LogP contribution in [0.15, 0.2) is 0 Å². The molecule has 2 nitrogen and oxygen atoms in total. The third-order valence-corrected chi connectivity index (χ3v) is 2.59. The van der Waals surface area contributed by atoms with Crippen LogP contribution in [0.4, 0.5) is 0 Å². The number of carbonyl (C=O) groups excluding carboxylic acids is 1. The van der Waals surface area contributed by atoms with E-state index in [2.05, 4.69) is 12.2 Å². The van der Waals surface area contributed by atoms with Gasteiger partial charge in [-0.1, -0.05) is 32.6 Å². The molecule has 1 amide bonds. The summed E-state index contributed by atoms with van der Waals surface area (Å²) in [6.07, 6.45) is 7.49. The summed E-state index contributed by atoms with van der Waals surface area (Å²) in [5.41, 5.74) is 0. The van der Waals surface area contributed by atoms with Crippen LogP contribution in [-0.4, -0.2) is 17.8 Å². The molecule has 0 spiro atoms. The molecule has 0 aliphatic rings. The number of hydrogen-bond acceptors (Lipinski definition) is 1. The lowest BCUT2D eigenvalue weighted by Crippen LogP contribution is -2.25. The van der Waals surface area contributed by atoms with Crippen molar-refractivity contribution in [3.63, 3.8) is 0 Å². The Labute approximate surface area is 98.8 Å². The molecule has 0 saturated carbocycles. The Bertz CT molecular complexity index is 160. The maximum Gasteiger partial charge on any atom is 0.219 e. The summed E-state index contributed by atoms with van der Waals surface area (Å²) in [4.78, 5) is 11.3. The van der Waals surface area contributed by atoms with Crippen molar-refractivity contribution in [1.29, 1.82) is 0 Å². The first-order chi connectivity index (χ1) is 7.16. The van der Waals surface area contributed by atoms with Crippen molar-refractivity contribution in [3.05, 3.63) is 0 Å². The Morgan fingerprint density at radius 2 is 1.93 bits per heavy atom. The van der Waals surface area contributed by atoms with Crippen molar-refractivity contribution >= 4 is 17.5 Å². The molecular formula is C12H24ClNO. The van der Waals surface area contributed by atoms with Crippen molar-refractivity contribution in [3.8, 4) is 0 Å². The molecule has 15 heavy (non-hydrogen) atoms. The van der Waals surface area contributed by atoms with Crippen LogP contribution in [0, 0.1) is 0 Å². The summed E-state index contributed by atoms with van der Waals surface area (Å²) in [7, 11) is 0. The van der Waals surface area contributed by atoms with E-state index in [4.69, 9.17) is 11.6 Å². The number of alkyl halides is 1. The highest BCUT2D eigenvalue weighted by Crippen LogP contribution is 2.04. The molecule has 0 aromatic carbocycles. The van der Waals surface area contributed by atoms with E-state index in [9.17, 15) is 4.79 Å². The van der Waals surface area contributed by atoms with Crippen LogP contribution in [-0.2, 0) is 4.79 Å². The van der Waals surface area contributed by atoms with Crippen LogP contribution in [0.25, 0.3) is 0 Å². The monoisotopic (exact) mass is 233 g/mol. The summed E-state index contributed by atoms with van der Waals surface area (Å²) in [6, 6.07) is 0. The summed E-state index contributed by atoms with van der Waals surface area (Å²) >= 11 is 5.77. The second-order valence-electron chi connectivity index (χ2n) is 4.08. The van der Waals surface area contributed by atoms with Crippen molar-refractivity contribution in [2.45, 2.75) is 64.2 Å². The number of hydrogen-bond donors (Lipinski definition) is 1. The summed E-state index contributed by atoms with van der Waals surface area (Å²) in [5.74, 6) is 0.170. The van der Waals surface area contributed by atoms with E-state index in [-0.39, 0.29) is 11.3 Å². The molecule has 3 heteroatoms. The number of carbonyl (C=O) groups is 1. The van der Waals surface area contributed by atoms with Crippen molar-refractivity contribution in [1.82, 2.24) is 5.32 Å². The Morgan fingerprint density at radius 1 is 1.27 bits per heavy atom. The van der Waals surface area contributed by atoms with Gasteiger partial charge in [-0.05, 0) is 19.8 Å². The Balaban J connectivity index is 3.19. The minimum Gasteiger partial charge on any atom is -0.356 e. The minimum absolute atomic E-state index is 0.148. The van der Waals surface area contributed by atoms with Gasteiger partial charge in [0.25, 0.3) is 0 Å². The Kier molecular flexibility index (Phi) is 10.1. The fourth-order valence-electron chi connectivity index (χ4n) is 1.39. The Hall–Kier alpha value is -0.240. The molecule has 1 unspecified atom stereocenters. The van der Waals surface area contributed by atoms with E-state index < -0.39 is 0 Å². The normalized spacial score (nSPS) is 12.5. The maximum absolute atomic E-state index is 11.3. The highest BCUT2D eigenvalue weighted by Gasteiger charge is 2.01. The molecule has 1 atom stereocenters. The zero-order valence-corrected chi connectivity index (χ0v) is 10.8. The van der Waals surface area contributed by atoms with Gasteiger partial charge in [0, 0.05) is 18.3 Å². The molecule has 0 heterocycles. The van der Waals surface area contributed by atoms with Gasteiger partial charge in [0.1, 0.15) is 0 Å². The van der Waals surface area contributed by atoms with Crippen LogP contribution in [0.5, 0.6) is 0 Å². The van der Waals surface area contributed by atoms with Gasteiger partial charge in [-0.15, -0.1) is 11.6 Å². The van der Waals surface area contributed by atoms with Gasteiger partial charge in [-0.2, -0.15) is 0 Å². The molecule has 1 N–H and O–H groups in total. The van der Waals surface area contributed by atoms with E-state index in [1.54, 1.807) is 0 Å². The predicted octanol–water partition coefficient (Wildman–Crippen LogP) is 3.48.